The molecule has 0 bridgehead atoms. The number of nitrogens with one attached hydrogen (secondary N) is 3. The lowest BCUT2D eigenvalue weighted by Crippen LogP contribution is -2.34. The summed E-state index contributed by atoms with van der Waals surface area (Å²) in [5, 5.41) is 6.30. The van der Waals surface area contributed by atoms with Crippen molar-refractivity contribution in [1.82, 2.24) is 30.3 Å². The number of rotatable bonds is 7. The zero-order valence-electron chi connectivity index (χ0n) is 20.6. The van der Waals surface area contributed by atoms with Crippen LogP contribution in [0.15, 0.2) is 0 Å². The molecule has 3 heterocycles. The Morgan fingerprint density at radius 2 is 1.91 bits per heavy atom. The van der Waals surface area contributed by atoms with Crippen LogP contribution >= 0.6 is 0 Å². The highest BCUT2D eigenvalue weighted by molar-refractivity contribution is 5.84. The third-order valence-corrected chi connectivity index (χ3v) is 8.75. The van der Waals surface area contributed by atoms with Gasteiger partial charge in [0, 0.05) is 12.6 Å². The quantitative estimate of drug-likeness (QED) is 0.515. The van der Waals surface area contributed by atoms with Crippen molar-refractivity contribution < 1.29 is 14.0 Å². The second-order valence-corrected chi connectivity index (χ2v) is 11.3. The summed E-state index contributed by atoms with van der Waals surface area (Å²) in [7, 11) is 0. The molecule has 1 saturated heterocycles. The molecule has 6 rings (SSSR count). The van der Waals surface area contributed by atoms with Crippen molar-refractivity contribution in [3.63, 3.8) is 0 Å². The number of carbonyl (C=O) groups excluding carboxylic acids is 1. The van der Waals surface area contributed by atoms with Crippen molar-refractivity contribution in [2.24, 2.45) is 17.8 Å². The van der Waals surface area contributed by atoms with Gasteiger partial charge in [0.1, 0.15) is 11.3 Å². The second kappa shape index (κ2) is 8.87. The summed E-state index contributed by atoms with van der Waals surface area (Å²) in [5.41, 5.74) is 2.48. The molecule has 4 aliphatic rings. The summed E-state index contributed by atoms with van der Waals surface area (Å²) in [6.45, 7) is 5.24. The molecule has 1 amide bonds. The number of nitrogens with zero attached hydrogens (tertiary/aromatic N) is 4. The molecule has 2 aromatic heterocycles. The summed E-state index contributed by atoms with van der Waals surface area (Å²) in [4.78, 5) is 30.8. The predicted molar refractivity (Wildman–Crippen MR) is 129 cm³/mol. The number of aromatic nitrogens is 4. The Kier molecular flexibility index (Phi) is 5.81. The van der Waals surface area contributed by atoms with Crippen molar-refractivity contribution in [2.75, 3.05) is 5.32 Å². The van der Waals surface area contributed by atoms with Gasteiger partial charge >= 0.3 is 6.09 Å². The smallest absolute Gasteiger partial charge is 0.365 e. The van der Waals surface area contributed by atoms with Crippen molar-refractivity contribution in [3.05, 3.63) is 11.6 Å². The van der Waals surface area contributed by atoms with Gasteiger partial charge in [0.15, 0.2) is 29.1 Å². The second-order valence-electron chi connectivity index (χ2n) is 11.3. The number of hydrogen-bond donors (Lipinski definition) is 3. The van der Waals surface area contributed by atoms with E-state index in [1.165, 1.54) is 32.1 Å². The Hall–Kier alpha value is -2.49. The average molecular weight is 486 g/mol. The van der Waals surface area contributed by atoms with E-state index in [2.05, 4.69) is 34.5 Å². The van der Waals surface area contributed by atoms with Gasteiger partial charge in [-0.1, -0.05) is 26.2 Å². The molecule has 3 aliphatic carbocycles. The molecule has 0 radical (unpaired) electrons. The molecule has 3 N–H and O–H groups in total. The first kappa shape index (κ1) is 22.9. The first-order valence-corrected chi connectivity index (χ1v) is 13.4. The molecular weight excluding hydrogens is 449 g/mol. The molecule has 190 valence electrons. The topological polar surface area (TPSA) is 106 Å². The van der Waals surface area contributed by atoms with Crippen LogP contribution in [0.5, 0.6) is 0 Å². The number of alkyl halides is 1. The van der Waals surface area contributed by atoms with Gasteiger partial charge in [-0.25, -0.2) is 24.1 Å². The van der Waals surface area contributed by atoms with Crippen LogP contribution in [0.25, 0.3) is 11.2 Å². The van der Waals surface area contributed by atoms with Crippen LogP contribution in [0, 0.1) is 17.8 Å². The minimum absolute atomic E-state index is 0.224. The van der Waals surface area contributed by atoms with Crippen LogP contribution in [0.4, 0.5) is 15.0 Å². The molecule has 0 aromatic carbocycles. The van der Waals surface area contributed by atoms with E-state index in [1.807, 2.05) is 0 Å². The van der Waals surface area contributed by atoms with Crippen molar-refractivity contribution >= 4 is 23.1 Å². The van der Waals surface area contributed by atoms with Crippen LogP contribution in [0.1, 0.15) is 95.9 Å². The first-order chi connectivity index (χ1) is 16.9. The molecule has 4 fully saturated rings. The molecule has 35 heavy (non-hydrogen) atoms. The van der Waals surface area contributed by atoms with E-state index in [1.54, 1.807) is 0 Å². The highest BCUT2D eigenvalue weighted by Crippen LogP contribution is 2.46. The zero-order chi connectivity index (χ0) is 24.2. The fourth-order valence-corrected chi connectivity index (χ4v) is 5.96. The van der Waals surface area contributed by atoms with Crippen molar-refractivity contribution in [1.29, 1.82) is 0 Å². The normalized spacial score (nSPS) is 29.2. The molecular formula is C25H36FN7O2. The van der Waals surface area contributed by atoms with Gasteiger partial charge in [-0.05, 0) is 69.6 Å². The standard InChI is InChI=1S/C25H36FN7O2/c1-14-7-9-16(10-8-14)13-33-18-19(27-15(2)17-5-3-6-17)28-21(22-31-24(34)35-32-22)29-20(18)30-23(33)25(26)11-4-12-25/h14-17,22,32H,3-13H2,1-2H3,(H,31,34)(H,27,28,29)/t14?,15-,16?,22?/m1/s1. The van der Waals surface area contributed by atoms with Crippen molar-refractivity contribution in [2.45, 2.75) is 102 Å². The molecule has 1 unspecified atom stereocenters. The summed E-state index contributed by atoms with van der Waals surface area (Å²) in [6.07, 6.45) is 8.97. The minimum Gasteiger partial charge on any atom is -0.365 e. The third kappa shape index (κ3) is 4.23. The van der Waals surface area contributed by atoms with E-state index in [-0.39, 0.29) is 6.04 Å². The number of hydroxylamine groups is 1. The fraction of sp³-hybridized carbons (Fsp3) is 0.760. The van der Waals surface area contributed by atoms with Gasteiger partial charge in [0.05, 0.1) is 0 Å². The summed E-state index contributed by atoms with van der Waals surface area (Å²) in [5.74, 6) is 3.35. The third-order valence-electron chi connectivity index (χ3n) is 8.75. The SMILES string of the molecule is CC1CCC(Cn2c(C3(F)CCC3)nc3nc(C4NOC(=O)N4)nc(N[C@H](C)C4CCC4)c32)CC1. The van der Waals surface area contributed by atoms with Gasteiger partial charge in [-0.15, -0.1) is 5.48 Å². The Labute approximate surface area is 205 Å². The van der Waals surface area contributed by atoms with Gasteiger partial charge in [0.25, 0.3) is 0 Å². The Morgan fingerprint density at radius 3 is 2.51 bits per heavy atom. The maximum Gasteiger partial charge on any atom is 0.427 e. The van der Waals surface area contributed by atoms with Crippen LogP contribution in [0.3, 0.4) is 0 Å². The summed E-state index contributed by atoms with van der Waals surface area (Å²) in [6, 6.07) is 0.224. The van der Waals surface area contributed by atoms with Gasteiger partial charge in [-0.3, -0.25) is 5.32 Å². The first-order valence-electron chi connectivity index (χ1n) is 13.4. The van der Waals surface area contributed by atoms with Gasteiger partial charge < -0.3 is 14.7 Å². The molecule has 2 aromatic rings. The Balaban J connectivity index is 1.44. The number of hydrogen-bond acceptors (Lipinski definition) is 7. The van der Waals surface area contributed by atoms with E-state index >= 15 is 4.39 Å². The predicted octanol–water partition coefficient (Wildman–Crippen LogP) is 4.84. The molecule has 1 aliphatic heterocycles. The fourth-order valence-electron chi connectivity index (χ4n) is 5.96. The maximum absolute atomic E-state index is 16.0. The lowest BCUT2D eigenvalue weighted by molar-refractivity contribution is 0.0458. The highest BCUT2D eigenvalue weighted by Gasteiger charge is 2.44. The molecule has 10 heteroatoms. The van der Waals surface area contributed by atoms with Crippen LogP contribution < -0.4 is 16.1 Å². The van der Waals surface area contributed by atoms with Gasteiger partial charge in [0.2, 0.25) is 0 Å². The van der Waals surface area contributed by atoms with Gasteiger partial charge in [-0.2, -0.15) is 0 Å². The van der Waals surface area contributed by atoms with Crippen LogP contribution in [0.2, 0.25) is 0 Å². The van der Waals surface area contributed by atoms with Crippen LogP contribution in [-0.4, -0.2) is 31.7 Å². The van der Waals surface area contributed by atoms with Crippen LogP contribution in [-0.2, 0) is 17.1 Å². The number of amides is 1. The molecule has 9 nitrogen and oxygen atoms in total. The average Bonchev–Trinajstić information content (AvgIpc) is 3.36. The maximum atomic E-state index is 16.0. The Bertz CT molecular complexity index is 1100. The van der Waals surface area contributed by atoms with E-state index < -0.39 is 17.9 Å². The van der Waals surface area contributed by atoms with E-state index in [4.69, 9.17) is 19.8 Å². The van der Waals surface area contributed by atoms with Crippen molar-refractivity contribution in [3.8, 4) is 0 Å². The number of fused-ring (bicyclic) bond motifs is 1. The summed E-state index contributed by atoms with van der Waals surface area (Å²) < 4.78 is 18.0. The van der Waals surface area contributed by atoms with E-state index in [0.29, 0.717) is 47.8 Å². The lowest BCUT2D eigenvalue weighted by Gasteiger charge is -2.35. The number of halogens is 1. The molecule has 3 saturated carbocycles. The largest absolute Gasteiger partial charge is 0.427 e. The molecule has 0 spiro atoms. The minimum atomic E-state index is -1.41. The van der Waals surface area contributed by atoms with E-state index in [9.17, 15) is 4.79 Å². The lowest BCUT2D eigenvalue weighted by atomic mass is 9.80. The Morgan fingerprint density at radius 1 is 1.14 bits per heavy atom. The molecule has 2 atom stereocenters. The zero-order valence-corrected chi connectivity index (χ0v) is 20.6. The number of carbonyl (C=O) groups is 1. The van der Waals surface area contributed by atoms with E-state index in [0.717, 1.165) is 37.2 Å². The monoisotopic (exact) mass is 485 g/mol. The summed E-state index contributed by atoms with van der Waals surface area (Å²) >= 11 is 0. The number of imidazole rings is 1. The number of anilines is 1. The highest BCUT2D eigenvalue weighted by atomic mass is 19.1.